The van der Waals surface area contributed by atoms with E-state index in [1.165, 1.54) is 24.6 Å². The lowest BCUT2D eigenvalue weighted by Crippen LogP contribution is -2.40. The molecule has 1 fully saturated rings. The van der Waals surface area contributed by atoms with E-state index in [9.17, 15) is 18.0 Å². The number of halogens is 3. The van der Waals surface area contributed by atoms with Crippen molar-refractivity contribution in [2.45, 2.75) is 58.6 Å². The topological polar surface area (TPSA) is 90.2 Å². The van der Waals surface area contributed by atoms with Crippen LogP contribution in [0.1, 0.15) is 48.0 Å². The molecule has 4 rings (SSSR count). The Morgan fingerprint density at radius 1 is 1.18 bits per heavy atom. The Morgan fingerprint density at radius 3 is 2.45 bits per heavy atom. The molecule has 1 aliphatic rings. The molecule has 0 bridgehead atoms. The highest BCUT2D eigenvalue weighted by atomic mass is 28.4. The lowest BCUT2D eigenvalue weighted by molar-refractivity contribution is -0.138. The number of morpholine rings is 1. The minimum Gasteiger partial charge on any atom is -0.465 e. The maximum absolute atomic E-state index is 13.7. The highest BCUT2D eigenvalue weighted by Crippen LogP contribution is 2.39. The van der Waals surface area contributed by atoms with Crippen LogP contribution in [0.15, 0.2) is 24.3 Å². The summed E-state index contributed by atoms with van der Waals surface area (Å²) in [6, 6.07) is 5.58. The Labute approximate surface area is 232 Å². The maximum atomic E-state index is 13.7. The first-order chi connectivity index (χ1) is 18.6. The van der Waals surface area contributed by atoms with Crippen LogP contribution in [0.5, 0.6) is 0 Å². The number of nitrogens with one attached hydrogen (secondary N) is 1. The van der Waals surface area contributed by atoms with E-state index in [0.717, 1.165) is 6.07 Å². The molecule has 2 aromatic heterocycles. The summed E-state index contributed by atoms with van der Waals surface area (Å²) in [5.41, 5.74) is 0.328. The third-order valence-electron chi connectivity index (χ3n) is 7.65. The van der Waals surface area contributed by atoms with Crippen LogP contribution in [0.4, 0.5) is 30.5 Å². The zero-order valence-corrected chi connectivity index (χ0v) is 24.9. The minimum atomic E-state index is -4.52. The van der Waals surface area contributed by atoms with Crippen molar-refractivity contribution in [1.82, 2.24) is 14.6 Å². The molecule has 3 heterocycles. The summed E-state index contributed by atoms with van der Waals surface area (Å²) < 4.78 is 59.5. The number of anilines is 3. The van der Waals surface area contributed by atoms with E-state index >= 15 is 0 Å². The number of nitrogens with zero attached hydrogens (tertiary/aromatic N) is 4. The lowest BCUT2D eigenvalue weighted by Gasteiger charge is -2.36. The lowest BCUT2D eigenvalue weighted by atomic mass is 10.1. The standard InChI is InChI=1S/C27H36F3N5O4Si/c1-17-19(27(28,29)30)9-8-10-20(17)31-24-21(16-39-40(6,7)26(2,3)4)32-23-18(25(36)37-5)15-22(33-35(23)24)34-11-13-38-14-12-34/h8-10,15,31H,11-14,16H2,1-7H3. The highest BCUT2D eigenvalue weighted by molar-refractivity contribution is 6.74. The first kappa shape index (κ1) is 29.8. The smallest absolute Gasteiger partial charge is 0.416 e. The van der Waals surface area contributed by atoms with Gasteiger partial charge in [0, 0.05) is 24.8 Å². The van der Waals surface area contributed by atoms with E-state index in [0.29, 0.717) is 43.6 Å². The second kappa shape index (κ2) is 11.0. The predicted molar refractivity (Wildman–Crippen MR) is 149 cm³/mol. The van der Waals surface area contributed by atoms with Gasteiger partial charge < -0.3 is 24.1 Å². The van der Waals surface area contributed by atoms with Gasteiger partial charge in [-0.15, -0.1) is 5.10 Å². The number of hydrogen-bond donors (Lipinski definition) is 1. The number of carbonyl (C=O) groups is 1. The van der Waals surface area contributed by atoms with Gasteiger partial charge in [-0.25, -0.2) is 9.78 Å². The van der Waals surface area contributed by atoms with Gasteiger partial charge in [-0.2, -0.15) is 17.7 Å². The number of esters is 1. The molecule has 0 saturated carbocycles. The molecule has 0 radical (unpaired) electrons. The van der Waals surface area contributed by atoms with Crippen LogP contribution in [0.3, 0.4) is 0 Å². The fourth-order valence-electron chi connectivity index (χ4n) is 4.16. The molecule has 0 spiro atoms. The van der Waals surface area contributed by atoms with E-state index in [1.807, 2.05) is 4.90 Å². The molecular formula is C27H36F3N5O4Si. The van der Waals surface area contributed by atoms with Crippen molar-refractivity contribution in [3.8, 4) is 0 Å². The van der Waals surface area contributed by atoms with Crippen LogP contribution in [0, 0.1) is 6.92 Å². The van der Waals surface area contributed by atoms with E-state index < -0.39 is 26.0 Å². The molecule has 1 saturated heterocycles. The fraction of sp³-hybridized carbons (Fsp3) is 0.519. The largest absolute Gasteiger partial charge is 0.465 e. The fourth-order valence-corrected chi connectivity index (χ4v) is 5.09. The van der Waals surface area contributed by atoms with E-state index in [4.69, 9.17) is 24.0 Å². The van der Waals surface area contributed by atoms with E-state index in [1.54, 1.807) is 12.1 Å². The first-order valence-electron chi connectivity index (χ1n) is 13.1. The van der Waals surface area contributed by atoms with Gasteiger partial charge in [0.05, 0.1) is 32.5 Å². The van der Waals surface area contributed by atoms with Crippen molar-refractivity contribution >= 4 is 37.3 Å². The van der Waals surface area contributed by atoms with Crippen LogP contribution in [0.25, 0.3) is 5.65 Å². The van der Waals surface area contributed by atoms with Gasteiger partial charge in [0.15, 0.2) is 25.6 Å². The third kappa shape index (κ3) is 5.96. The molecule has 1 aliphatic heterocycles. The number of imidazole rings is 1. The quantitative estimate of drug-likeness (QED) is 0.272. The van der Waals surface area contributed by atoms with Gasteiger partial charge in [0.2, 0.25) is 0 Å². The third-order valence-corrected chi connectivity index (χ3v) is 12.1. The molecule has 40 heavy (non-hydrogen) atoms. The summed E-state index contributed by atoms with van der Waals surface area (Å²) in [6.45, 7) is 14.1. The van der Waals surface area contributed by atoms with Crippen LogP contribution < -0.4 is 10.2 Å². The average molecular weight is 580 g/mol. The normalized spacial score (nSPS) is 15.0. The molecule has 3 aromatic rings. The van der Waals surface area contributed by atoms with Crippen LogP contribution in [-0.4, -0.2) is 62.3 Å². The molecule has 0 aliphatic carbocycles. The molecule has 0 atom stereocenters. The van der Waals surface area contributed by atoms with Crippen molar-refractivity contribution in [2.75, 3.05) is 43.6 Å². The number of aromatic nitrogens is 3. The van der Waals surface area contributed by atoms with Crippen molar-refractivity contribution in [1.29, 1.82) is 0 Å². The summed E-state index contributed by atoms with van der Waals surface area (Å²) in [5.74, 6) is 0.205. The average Bonchev–Trinajstić information content (AvgIpc) is 3.24. The summed E-state index contributed by atoms with van der Waals surface area (Å²) in [7, 11) is -0.955. The summed E-state index contributed by atoms with van der Waals surface area (Å²) in [6.07, 6.45) is -4.52. The Balaban J connectivity index is 1.91. The molecule has 13 heteroatoms. The van der Waals surface area contributed by atoms with Gasteiger partial charge in [-0.1, -0.05) is 26.8 Å². The van der Waals surface area contributed by atoms with Gasteiger partial charge in [-0.05, 0) is 42.8 Å². The number of benzene rings is 1. The molecule has 218 valence electrons. The van der Waals surface area contributed by atoms with E-state index in [-0.39, 0.29) is 34.1 Å². The minimum absolute atomic E-state index is 0.0266. The molecule has 1 N–H and O–H groups in total. The van der Waals surface area contributed by atoms with Crippen molar-refractivity contribution in [3.05, 3.63) is 46.6 Å². The summed E-state index contributed by atoms with van der Waals surface area (Å²) in [4.78, 5) is 19.6. The molecule has 0 amide bonds. The number of rotatable bonds is 7. The predicted octanol–water partition coefficient (Wildman–Crippen LogP) is 5.95. The van der Waals surface area contributed by atoms with Crippen LogP contribution in [-0.2, 0) is 26.7 Å². The number of ether oxygens (including phenoxy) is 2. The second-order valence-electron chi connectivity index (χ2n) is 11.3. The van der Waals surface area contributed by atoms with Gasteiger partial charge in [0.1, 0.15) is 11.3 Å². The summed E-state index contributed by atoms with van der Waals surface area (Å²) in [5, 5.41) is 7.83. The van der Waals surface area contributed by atoms with Gasteiger partial charge >= 0.3 is 12.1 Å². The Morgan fingerprint density at radius 2 is 1.85 bits per heavy atom. The van der Waals surface area contributed by atoms with Crippen molar-refractivity contribution in [3.63, 3.8) is 0 Å². The van der Waals surface area contributed by atoms with Crippen molar-refractivity contribution < 1.29 is 31.9 Å². The second-order valence-corrected chi connectivity index (χ2v) is 16.1. The Bertz CT molecular complexity index is 1400. The summed E-state index contributed by atoms with van der Waals surface area (Å²) >= 11 is 0. The zero-order chi connectivity index (χ0) is 29.5. The number of fused-ring (bicyclic) bond motifs is 1. The molecular weight excluding hydrogens is 543 g/mol. The Hall–Kier alpha value is -3.16. The maximum Gasteiger partial charge on any atom is 0.416 e. The van der Waals surface area contributed by atoms with Gasteiger partial charge in [-0.3, -0.25) is 0 Å². The molecule has 0 unspecified atom stereocenters. The van der Waals surface area contributed by atoms with E-state index in [2.05, 4.69) is 39.2 Å². The highest BCUT2D eigenvalue weighted by Gasteiger charge is 2.38. The monoisotopic (exact) mass is 579 g/mol. The first-order valence-corrected chi connectivity index (χ1v) is 16.0. The van der Waals surface area contributed by atoms with Gasteiger partial charge in [0.25, 0.3) is 0 Å². The Kier molecular flexibility index (Phi) is 8.21. The van der Waals surface area contributed by atoms with Crippen LogP contribution in [0.2, 0.25) is 18.1 Å². The number of alkyl halides is 3. The van der Waals surface area contributed by atoms with Crippen molar-refractivity contribution in [2.24, 2.45) is 0 Å². The SMILES string of the molecule is COC(=O)c1cc(N2CCOCC2)nn2c(Nc3cccc(C(F)(F)F)c3C)c(CO[Si](C)(C)C(C)(C)C)nc12. The number of methoxy groups -OCH3 is 1. The van der Waals surface area contributed by atoms with Crippen LogP contribution >= 0.6 is 0 Å². The molecule has 1 aromatic carbocycles. The zero-order valence-electron chi connectivity index (χ0n) is 23.9. The number of hydrogen-bond acceptors (Lipinski definition) is 8. The molecule has 9 nitrogen and oxygen atoms in total. The number of carbonyl (C=O) groups excluding carboxylic acids is 1.